The molecule has 0 radical (unpaired) electrons. The lowest BCUT2D eigenvalue weighted by atomic mass is 9.91. The van der Waals surface area contributed by atoms with Crippen LogP contribution in [0.25, 0.3) is 0 Å². The van der Waals surface area contributed by atoms with Crippen molar-refractivity contribution < 1.29 is 9.53 Å². The molecule has 2 unspecified atom stereocenters. The average molecular weight is 166 g/mol. The zero-order valence-corrected chi connectivity index (χ0v) is 7.16. The lowest BCUT2D eigenvalue weighted by Crippen LogP contribution is -2.16. The first-order valence-corrected chi connectivity index (χ1v) is 4.71. The smallest absolute Gasteiger partial charge is 0.306 e. The van der Waals surface area contributed by atoms with E-state index in [0.717, 1.165) is 25.7 Å². The lowest BCUT2D eigenvalue weighted by Gasteiger charge is -2.17. The van der Waals surface area contributed by atoms with Crippen molar-refractivity contribution in [1.29, 1.82) is 0 Å². The van der Waals surface area contributed by atoms with Gasteiger partial charge in [0.25, 0.3) is 0 Å². The van der Waals surface area contributed by atoms with Crippen LogP contribution in [0.2, 0.25) is 0 Å². The number of fused-ring (bicyclic) bond motifs is 1. The average Bonchev–Trinajstić information content (AvgIpc) is 2.32. The Kier molecular flexibility index (Phi) is 2.15. The van der Waals surface area contributed by atoms with Crippen LogP contribution in [-0.2, 0) is 9.53 Å². The van der Waals surface area contributed by atoms with Crippen LogP contribution < -0.4 is 0 Å². The summed E-state index contributed by atoms with van der Waals surface area (Å²) in [5, 5.41) is 0. The number of rotatable bonds is 0. The third-order valence-electron chi connectivity index (χ3n) is 2.73. The fourth-order valence-electron chi connectivity index (χ4n) is 2.05. The van der Waals surface area contributed by atoms with Gasteiger partial charge in [0.2, 0.25) is 0 Å². The van der Waals surface area contributed by atoms with E-state index in [0.29, 0.717) is 12.3 Å². The Morgan fingerprint density at radius 2 is 2.00 bits per heavy atom. The van der Waals surface area contributed by atoms with Gasteiger partial charge in [-0.3, -0.25) is 4.79 Å². The summed E-state index contributed by atoms with van der Waals surface area (Å²) in [7, 11) is 0. The number of hydrogen-bond acceptors (Lipinski definition) is 2. The Morgan fingerprint density at radius 3 is 2.83 bits per heavy atom. The van der Waals surface area contributed by atoms with Crippen molar-refractivity contribution in [2.75, 3.05) is 0 Å². The SMILES string of the molecule is O=C1CC2CC/C=C\CCC2O1. The highest BCUT2D eigenvalue weighted by atomic mass is 16.5. The second-order valence-corrected chi connectivity index (χ2v) is 3.62. The number of ether oxygens (including phenoxy) is 1. The number of esters is 1. The molecule has 1 aliphatic carbocycles. The maximum absolute atomic E-state index is 11.0. The molecule has 1 fully saturated rings. The van der Waals surface area contributed by atoms with Gasteiger partial charge in [0.15, 0.2) is 0 Å². The first-order chi connectivity index (χ1) is 5.86. The van der Waals surface area contributed by atoms with Crippen LogP contribution in [0.1, 0.15) is 32.1 Å². The molecule has 2 rings (SSSR count). The predicted molar refractivity (Wildman–Crippen MR) is 45.6 cm³/mol. The van der Waals surface area contributed by atoms with Crippen LogP contribution in [0.15, 0.2) is 12.2 Å². The summed E-state index contributed by atoms with van der Waals surface area (Å²) in [6.07, 6.45) is 9.61. The van der Waals surface area contributed by atoms with Crippen molar-refractivity contribution in [2.24, 2.45) is 5.92 Å². The van der Waals surface area contributed by atoms with Crippen molar-refractivity contribution in [3.63, 3.8) is 0 Å². The van der Waals surface area contributed by atoms with Crippen molar-refractivity contribution in [3.8, 4) is 0 Å². The summed E-state index contributed by atoms with van der Waals surface area (Å²) in [6, 6.07) is 0. The summed E-state index contributed by atoms with van der Waals surface area (Å²) < 4.78 is 5.23. The Bertz CT molecular complexity index is 188. The van der Waals surface area contributed by atoms with E-state index in [2.05, 4.69) is 12.2 Å². The van der Waals surface area contributed by atoms with Gasteiger partial charge in [-0.1, -0.05) is 12.2 Å². The molecule has 0 N–H and O–H groups in total. The molecule has 2 atom stereocenters. The van der Waals surface area contributed by atoms with Crippen LogP contribution in [0.4, 0.5) is 0 Å². The normalized spacial score (nSPS) is 37.8. The minimum atomic E-state index is 0.00639. The van der Waals surface area contributed by atoms with Crippen molar-refractivity contribution in [1.82, 2.24) is 0 Å². The minimum Gasteiger partial charge on any atom is -0.462 e. The molecule has 12 heavy (non-hydrogen) atoms. The minimum absolute atomic E-state index is 0.00639. The second kappa shape index (κ2) is 3.30. The number of carbonyl (C=O) groups excluding carboxylic acids is 1. The quantitative estimate of drug-likeness (QED) is 0.406. The molecular formula is C10H14O2. The number of carbonyl (C=O) groups is 1. The summed E-state index contributed by atoms with van der Waals surface area (Å²) in [4.78, 5) is 11.0. The molecule has 0 aromatic rings. The first-order valence-electron chi connectivity index (χ1n) is 4.71. The van der Waals surface area contributed by atoms with Crippen LogP contribution in [0.5, 0.6) is 0 Å². The summed E-state index contributed by atoms with van der Waals surface area (Å²) in [5.74, 6) is 0.509. The van der Waals surface area contributed by atoms with Gasteiger partial charge in [-0.15, -0.1) is 0 Å². The zero-order chi connectivity index (χ0) is 8.39. The van der Waals surface area contributed by atoms with Gasteiger partial charge in [-0.05, 0) is 25.7 Å². The van der Waals surface area contributed by atoms with E-state index in [9.17, 15) is 4.79 Å². The second-order valence-electron chi connectivity index (χ2n) is 3.62. The Labute approximate surface area is 72.6 Å². The summed E-state index contributed by atoms with van der Waals surface area (Å²) in [6.45, 7) is 0. The van der Waals surface area contributed by atoms with Crippen LogP contribution in [-0.4, -0.2) is 12.1 Å². The van der Waals surface area contributed by atoms with Gasteiger partial charge in [0, 0.05) is 5.92 Å². The Hall–Kier alpha value is -0.790. The van der Waals surface area contributed by atoms with Gasteiger partial charge in [0.1, 0.15) is 6.10 Å². The van der Waals surface area contributed by atoms with E-state index in [1.165, 1.54) is 0 Å². The monoisotopic (exact) mass is 166 g/mol. The third kappa shape index (κ3) is 1.52. The van der Waals surface area contributed by atoms with Crippen molar-refractivity contribution >= 4 is 5.97 Å². The molecule has 0 aromatic carbocycles. The molecule has 1 heterocycles. The third-order valence-corrected chi connectivity index (χ3v) is 2.73. The van der Waals surface area contributed by atoms with Gasteiger partial charge in [-0.25, -0.2) is 0 Å². The predicted octanol–water partition coefficient (Wildman–Crippen LogP) is 2.05. The highest BCUT2D eigenvalue weighted by Crippen LogP contribution is 2.30. The van der Waals surface area contributed by atoms with E-state index in [-0.39, 0.29) is 12.1 Å². The van der Waals surface area contributed by atoms with Crippen molar-refractivity contribution in [2.45, 2.75) is 38.2 Å². The van der Waals surface area contributed by atoms with E-state index in [1.54, 1.807) is 0 Å². The van der Waals surface area contributed by atoms with Gasteiger partial charge in [0.05, 0.1) is 6.42 Å². The summed E-state index contributed by atoms with van der Waals surface area (Å²) >= 11 is 0. The molecule has 66 valence electrons. The lowest BCUT2D eigenvalue weighted by molar-refractivity contribution is -0.141. The highest BCUT2D eigenvalue weighted by molar-refractivity contribution is 5.72. The largest absolute Gasteiger partial charge is 0.462 e. The van der Waals surface area contributed by atoms with E-state index >= 15 is 0 Å². The van der Waals surface area contributed by atoms with Gasteiger partial charge >= 0.3 is 5.97 Å². The highest BCUT2D eigenvalue weighted by Gasteiger charge is 2.33. The maximum atomic E-state index is 11.0. The molecule has 0 amide bonds. The molecular weight excluding hydrogens is 152 g/mol. The molecule has 0 saturated carbocycles. The molecule has 2 aliphatic rings. The van der Waals surface area contributed by atoms with E-state index < -0.39 is 0 Å². The van der Waals surface area contributed by atoms with E-state index in [1.807, 2.05) is 0 Å². The number of allylic oxidation sites excluding steroid dienone is 2. The standard InChI is InChI=1S/C10H14O2/c11-10-7-8-5-3-1-2-4-6-9(8)12-10/h1-2,8-9H,3-7H2/b2-1-. The molecule has 0 bridgehead atoms. The molecule has 0 spiro atoms. The Morgan fingerprint density at radius 1 is 1.25 bits per heavy atom. The van der Waals surface area contributed by atoms with E-state index in [4.69, 9.17) is 4.74 Å². The topological polar surface area (TPSA) is 26.3 Å². The van der Waals surface area contributed by atoms with Crippen LogP contribution in [0, 0.1) is 5.92 Å². The van der Waals surface area contributed by atoms with Crippen LogP contribution in [0.3, 0.4) is 0 Å². The fraction of sp³-hybridized carbons (Fsp3) is 0.700. The van der Waals surface area contributed by atoms with Crippen molar-refractivity contribution in [3.05, 3.63) is 12.2 Å². The van der Waals surface area contributed by atoms with Gasteiger partial charge in [-0.2, -0.15) is 0 Å². The number of hydrogen-bond donors (Lipinski definition) is 0. The first kappa shape index (κ1) is 7.84. The molecule has 2 heteroatoms. The summed E-state index contributed by atoms with van der Waals surface area (Å²) in [5.41, 5.74) is 0. The maximum Gasteiger partial charge on any atom is 0.306 e. The Balaban J connectivity index is 2.02. The molecule has 1 saturated heterocycles. The molecule has 1 aliphatic heterocycles. The van der Waals surface area contributed by atoms with Crippen LogP contribution >= 0.6 is 0 Å². The fourth-order valence-corrected chi connectivity index (χ4v) is 2.05. The molecule has 0 aromatic heterocycles. The zero-order valence-electron chi connectivity index (χ0n) is 7.16. The molecule has 2 nitrogen and oxygen atoms in total. The van der Waals surface area contributed by atoms with Gasteiger partial charge < -0.3 is 4.74 Å².